The number of fused-ring (bicyclic) bond motifs is 3. The van der Waals surface area contributed by atoms with Crippen molar-refractivity contribution < 1.29 is 0 Å². The average Bonchev–Trinajstić information content (AvgIpc) is 2.97. The quantitative estimate of drug-likeness (QED) is 0.749. The Balaban J connectivity index is 1.98. The predicted molar refractivity (Wildman–Crippen MR) is 68.0 cm³/mol. The first-order chi connectivity index (χ1) is 8.20. The van der Waals surface area contributed by atoms with E-state index in [0.717, 1.165) is 6.54 Å². The second-order valence-electron chi connectivity index (χ2n) is 5.72. The molecule has 1 N–H and O–H groups in total. The highest BCUT2D eigenvalue weighted by atomic mass is 15.2. The van der Waals surface area contributed by atoms with Gasteiger partial charge in [0, 0.05) is 29.4 Å². The van der Waals surface area contributed by atoms with Gasteiger partial charge in [0.25, 0.3) is 0 Å². The number of likely N-dealkylation sites (N-methyl/N-ethyl adjacent to an activating group) is 1. The maximum Gasteiger partial charge on any atom is 0.0648 e. The molecule has 3 heteroatoms. The normalized spacial score (nSPS) is 22.0. The molecule has 4 rings (SSSR count). The van der Waals surface area contributed by atoms with Crippen molar-refractivity contribution in [1.82, 2.24) is 14.9 Å². The number of hydrogen-bond acceptors (Lipinski definition) is 2. The molecule has 2 aromatic heterocycles. The lowest BCUT2D eigenvalue weighted by Crippen LogP contribution is -2.39. The minimum atomic E-state index is 0.484. The van der Waals surface area contributed by atoms with Gasteiger partial charge in [-0.25, -0.2) is 0 Å². The van der Waals surface area contributed by atoms with Crippen molar-refractivity contribution >= 4 is 10.9 Å². The number of aryl methyl sites for hydroxylation is 1. The Morgan fingerprint density at radius 2 is 2.18 bits per heavy atom. The van der Waals surface area contributed by atoms with Crippen LogP contribution in [0, 0.1) is 6.92 Å². The molecule has 1 aliphatic carbocycles. The first-order valence-corrected chi connectivity index (χ1v) is 6.35. The van der Waals surface area contributed by atoms with Crippen molar-refractivity contribution in [2.24, 2.45) is 0 Å². The molecule has 0 aromatic carbocycles. The van der Waals surface area contributed by atoms with Crippen LogP contribution in [0.4, 0.5) is 0 Å². The van der Waals surface area contributed by atoms with Crippen molar-refractivity contribution in [3.8, 4) is 0 Å². The Morgan fingerprint density at radius 3 is 2.94 bits per heavy atom. The van der Waals surface area contributed by atoms with E-state index < -0.39 is 0 Å². The van der Waals surface area contributed by atoms with E-state index in [1.165, 1.54) is 41.4 Å². The molecular weight excluding hydrogens is 210 g/mol. The summed E-state index contributed by atoms with van der Waals surface area (Å²) >= 11 is 0. The zero-order valence-electron chi connectivity index (χ0n) is 10.4. The molecule has 3 heterocycles. The lowest BCUT2D eigenvalue weighted by Gasteiger charge is -2.33. The van der Waals surface area contributed by atoms with Gasteiger partial charge in [0.15, 0.2) is 0 Å². The van der Waals surface area contributed by atoms with Crippen molar-refractivity contribution in [1.29, 1.82) is 0 Å². The summed E-state index contributed by atoms with van der Waals surface area (Å²) in [5.41, 5.74) is 5.95. The Morgan fingerprint density at radius 1 is 1.35 bits per heavy atom. The van der Waals surface area contributed by atoms with E-state index in [0.29, 0.717) is 5.54 Å². The van der Waals surface area contributed by atoms with Crippen LogP contribution in [0.2, 0.25) is 0 Å². The third kappa shape index (κ3) is 1.18. The summed E-state index contributed by atoms with van der Waals surface area (Å²) in [7, 11) is 2.26. The molecule has 17 heavy (non-hydrogen) atoms. The molecular formula is C14H17N3. The topological polar surface area (TPSA) is 31.9 Å². The third-order valence-corrected chi connectivity index (χ3v) is 4.63. The smallest absolute Gasteiger partial charge is 0.0648 e. The largest absolute Gasteiger partial charge is 0.356 e. The summed E-state index contributed by atoms with van der Waals surface area (Å²) in [5, 5.41) is 1.43. The van der Waals surface area contributed by atoms with Gasteiger partial charge in [-0.05, 0) is 44.4 Å². The Bertz CT molecular complexity index is 607. The van der Waals surface area contributed by atoms with Gasteiger partial charge in [-0.2, -0.15) is 0 Å². The van der Waals surface area contributed by atoms with Crippen molar-refractivity contribution in [3.63, 3.8) is 0 Å². The zero-order valence-corrected chi connectivity index (χ0v) is 10.4. The van der Waals surface area contributed by atoms with Gasteiger partial charge < -0.3 is 4.98 Å². The van der Waals surface area contributed by atoms with E-state index >= 15 is 0 Å². The fourth-order valence-electron chi connectivity index (χ4n) is 3.35. The molecule has 0 amide bonds. The van der Waals surface area contributed by atoms with Crippen LogP contribution in [-0.2, 0) is 13.0 Å². The van der Waals surface area contributed by atoms with Crippen molar-refractivity contribution in [2.75, 3.05) is 7.05 Å². The van der Waals surface area contributed by atoms with Crippen LogP contribution >= 0.6 is 0 Å². The predicted octanol–water partition coefficient (Wildman–Crippen LogP) is 2.39. The first-order valence-electron chi connectivity index (χ1n) is 6.35. The summed E-state index contributed by atoms with van der Waals surface area (Å²) in [4.78, 5) is 10.4. The Kier molecular flexibility index (Phi) is 1.65. The molecule has 0 saturated heterocycles. The van der Waals surface area contributed by atoms with E-state index in [1.54, 1.807) is 5.56 Å². The van der Waals surface area contributed by atoms with Gasteiger partial charge in [0.1, 0.15) is 0 Å². The number of pyridine rings is 1. The standard InChI is InChI=1S/C14H17N3/c1-9-6-15-7-11-13(9)10-5-14(3-4-14)17(2)8-12(10)16-11/h6-7,16H,3-5,8H2,1-2H3. The molecule has 1 spiro atoms. The molecule has 0 atom stereocenters. The lowest BCUT2D eigenvalue weighted by molar-refractivity contribution is 0.193. The van der Waals surface area contributed by atoms with Gasteiger partial charge in [0.05, 0.1) is 11.7 Å². The van der Waals surface area contributed by atoms with Crippen molar-refractivity contribution in [3.05, 3.63) is 29.2 Å². The Labute approximate surface area is 101 Å². The van der Waals surface area contributed by atoms with Crippen LogP contribution in [0.3, 0.4) is 0 Å². The number of aromatic nitrogens is 2. The fourth-order valence-corrected chi connectivity index (χ4v) is 3.35. The minimum absolute atomic E-state index is 0.484. The number of hydrogen-bond donors (Lipinski definition) is 1. The number of nitrogens with zero attached hydrogens (tertiary/aromatic N) is 2. The molecule has 1 aliphatic heterocycles. The zero-order chi connectivity index (χ0) is 11.6. The van der Waals surface area contributed by atoms with Crippen molar-refractivity contribution in [2.45, 2.75) is 38.3 Å². The fraction of sp³-hybridized carbons (Fsp3) is 0.500. The van der Waals surface area contributed by atoms with Crippen LogP contribution in [-0.4, -0.2) is 27.5 Å². The molecule has 0 bridgehead atoms. The highest BCUT2D eigenvalue weighted by molar-refractivity contribution is 5.87. The lowest BCUT2D eigenvalue weighted by atomic mass is 9.94. The van der Waals surface area contributed by atoms with Gasteiger partial charge in [-0.15, -0.1) is 0 Å². The molecule has 2 aromatic rings. The Hall–Kier alpha value is -1.35. The molecule has 3 nitrogen and oxygen atoms in total. The molecule has 0 unspecified atom stereocenters. The number of nitrogens with one attached hydrogen (secondary N) is 1. The highest BCUT2D eigenvalue weighted by Crippen LogP contribution is 2.49. The third-order valence-electron chi connectivity index (χ3n) is 4.63. The number of aromatic amines is 1. The first kappa shape index (κ1) is 9.66. The highest BCUT2D eigenvalue weighted by Gasteiger charge is 2.49. The maximum absolute atomic E-state index is 4.28. The second-order valence-corrected chi connectivity index (χ2v) is 5.72. The van der Waals surface area contributed by atoms with E-state index in [-0.39, 0.29) is 0 Å². The summed E-state index contributed by atoms with van der Waals surface area (Å²) < 4.78 is 0. The maximum atomic E-state index is 4.28. The molecule has 1 fully saturated rings. The van der Waals surface area contributed by atoms with Crippen LogP contribution in [0.5, 0.6) is 0 Å². The van der Waals surface area contributed by atoms with E-state index in [1.807, 2.05) is 12.4 Å². The van der Waals surface area contributed by atoms with Crippen LogP contribution in [0.25, 0.3) is 10.9 Å². The number of rotatable bonds is 0. The average molecular weight is 227 g/mol. The molecule has 2 aliphatic rings. The van der Waals surface area contributed by atoms with Gasteiger partial charge >= 0.3 is 0 Å². The van der Waals surface area contributed by atoms with Gasteiger partial charge in [0.2, 0.25) is 0 Å². The van der Waals surface area contributed by atoms with Crippen LogP contribution in [0.1, 0.15) is 29.7 Å². The minimum Gasteiger partial charge on any atom is -0.356 e. The van der Waals surface area contributed by atoms with Crippen LogP contribution < -0.4 is 0 Å². The molecule has 1 saturated carbocycles. The summed E-state index contributed by atoms with van der Waals surface area (Å²) in [6.45, 7) is 3.23. The number of H-pyrrole nitrogens is 1. The molecule has 88 valence electrons. The van der Waals surface area contributed by atoms with Crippen LogP contribution in [0.15, 0.2) is 12.4 Å². The van der Waals surface area contributed by atoms with E-state index in [4.69, 9.17) is 0 Å². The monoisotopic (exact) mass is 227 g/mol. The SMILES string of the molecule is Cc1cncc2[nH]c3c(c12)CC1(CC1)N(C)C3. The summed E-state index contributed by atoms with van der Waals surface area (Å²) in [6, 6.07) is 0. The van der Waals surface area contributed by atoms with Gasteiger partial charge in [-0.3, -0.25) is 9.88 Å². The summed E-state index contributed by atoms with van der Waals surface area (Å²) in [5.74, 6) is 0. The summed E-state index contributed by atoms with van der Waals surface area (Å²) in [6.07, 6.45) is 7.87. The second kappa shape index (κ2) is 2.91. The van der Waals surface area contributed by atoms with Gasteiger partial charge in [-0.1, -0.05) is 0 Å². The van der Waals surface area contributed by atoms with E-state index in [2.05, 4.69) is 28.8 Å². The van der Waals surface area contributed by atoms with E-state index in [9.17, 15) is 0 Å². The molecule has 0 radical (unpaired) electrons.